The Morgan fingerprint density at radius 2 is 1.77 bits per heavy atom. The first-order valence-corrected chi connectivity index (χ1v) is 8.79. The lowest BCUT2D eigenvalue weighted by molar-refractivity contribution is 0.0954. The van der Waals surface area contributed by atoms with E-state index in [-0.39, 0.29) is 5.91 Å². The van der Waals surface area contributed by atoms with Gasteiger partial charge in [0.2, 0.25) is 0 Å². The third-order valence-corrected chi connectivity index (χ3v) is 4.29. The largest absolute Gasteiger partial charge is 0.366 e. The molecular weight excluding hydrogens is 322 g/mol. The van der Waals surface area contributed by atoms with Crippen LogP contribution in [-0.4, -0.2) is 17.4 Å². The number of carbonyl (C=O) groups is 1. The number of aromatic nitrogens is 1. The van der Waals surface area contributed by atoms with Crippen LogP contribution in [0, 0.1) is 6.92 Å². The van der Waals surface area contributed by atoms with E-state index in [1.807, 2.05) is 30.3 Å². The molecule has 0 aliphatic rings. The van der Waals surface area contributed by atoms with E-state index in [1.165, 1.54) is 16.7 Å². The van der Waals surface area contributed by atoms with Crippen LogP contribution >= 0.6 is 0 Å². The number of carbonyl (C=O) groups excluding carboxylic acids is 1. The second kappa shape index (κ2) is 8.81. The molecule has 2 N–H and O–H groups in total. The van der Waals surface area contributed by atoms with Crippen LogP contribution in [0.3, 0.4) is 0 Å². The number of aryl methyl sites for hydroxylation is 1. The number of pyridine rings is 1. The minimum absolute atomic E-state index is 0.0812. The maximum atomic E-state index is 12.3. The van der Waals surface area contributed by atoms with Gasteiger partial charge in [0, 0.05) is 24.8 Å². The fourth-order valence-electron chi connectivity index (χ4n) is 2.73. The molecule has 132 valence electrons. The van der Waals surface area contributed by atoms with E-state index in [4.69, 9.17) is 0 Å². The van der Waals surface area contributed by atoms with Crippen molar-refractivity contribution in [2.45, 2.75) is 19.9 Å². The molecule has 0 atom stereocenters. The summed E-state index contributed by atoms with van der Waals surface area (Å²) >= 11 is 0. The van der Waals surface area contributed by atoms with Crippen LogP contribution in [0.15, 0.2) is 72.9 Å². The van der Waals surface area contributed by atoms with Gasteiger partial charge in [0.05, 0.1) is 0 Å². The van der Waals surface area contributed by atoms with Crippen molar-refractivity contribution in [1.82, 2.24) is 10.3 Å². The Labute approximate surface area is 154 Å². The van der Waals surface area contributed by atoms with Gasteiger partial charge >= 0.3 is 0 Å². The zero-order chi connectivity index (χ0) is 18.2. The quantitative estimate of drug-likeness (QED) is 0.681. The van der Waals surface area contributed by atoms with E-state index in [9.17, 15) is 4.79 Å². The van der Waals surface area contributed by atoms with Gasteiger partial charge in [0.1, 0.15) is 5.82 Å². The van der Waals surface area contributed by atoms with Gasteiger partial charge in [-0.1, -0.05) is 54.6 Å². The van der Waals surface area contributed by atoms with E-state index in [0.717, 1.165) is 6.42 Å². The van der Waals surface area contributed by atoms with Gasteiger partial charge in [-0.25, -0.2) is 4.98 Å². The fourth-order valence-corrected chi connectivity index (χ4v) is 2.73. The number of rotatable bonds is 7. The number of benzene rings is 2. The third kappa shape index (κ3) is 4.93. The maximum Gasteiger partial charge on any atom is 0.251 e. The van der Waals surface area contributed by atoms with Crippen LogP contribution < -0.4 is 10.6 Å². The van der Waals surface area contributed by atoms with Gasteiger partial charge in [-0.15, -0.1) is 0 Å². The Kier molecular flexibility index (Phi) is 5.99. The van der Waals surface area contributed by atoms with Crippen LogP contribution in [0.4, 0.5) is 5.82 Å². The molecule has 0 aliphatic carbocycles. The van der Waals surface area contributed by atoms with E-state index in [0.29, 0.717) is 24.5 Å². The monoisotopic (exact) mass is 345 g/mol. The number of anilines is 1. The first-order valence-electron chi connectivity index (χ1n) is 8.79. The molecule has 0 fully saturated rings. The highest BCUT2D eigenvalue weighted by Crippen LogP contribution is 2.12. The summed E-state index contributed by atoms with van der Waals surface area (Å²) < 4.78 is 0. The summed E-state index contributed by atoms with van der Waals surface area (Å²) in [6.45, 7) is 3.37. The topological polar surface area (TPSA) is 54.0 Å². The SMILES string of the molecule is Cc1ccccc1CNc1cc(C(=O)NCCc2ccccc2)ccn1. The Bertz CT molecular complexity index is 862. The normalized spacial score (nSPS) is 10.3. The Morgan fingerprint density at radius 1 is 1.00 bits per heavy atom. The molecule has 0 spiro atoms. The first kappa shape index (κ1) is 17.7. The molecule has 4 heteroatoms. The second-order valence-corrected chi connectivity index (χ2v) is 6.20. The number of nitrogens with zero attached hydrogens (tertiary/aromatic N) is 1. The molecule has 0 radical (unpaired) electrons. The summed E-state index contributed by atoms with van der Waals surface area (Å²) in [6, 6.07) is 21.9. The van der Waals surface area contributed by atoms with E-state index < -0.39 is 0 Å². The molecule has 0 unspecified atom stereocenters. The van der Waals surface area contributed by atoms with Crippen molar-refractivity contribution in [2.75, 3.05) is 11.9 Å². The molecular formula is C22H23N3O. The van der Waals surface area contributed by atoms with Gasteiger partial charge in [-0.2, -0.15) is 0 Å². The Morgan fingerprint density at radius 3 is 2.58 bits per heavy atom. The van der Waals surface area contributed by atoms with Gasteiger partial charge < -0.3 is 10.6 Å². The molecule has 3 aromatic rings. The standard InChI is InChI=1S/C22H23N3O/c1-17-7-5-6-10-20(17)16-25-21-15-19(12-14-23-21)22(26)24-13-11-18-8-3-2-4-9-18/h2-10,12,14-15H,11,13,16H2,1H3,(H,23,25)(H,24,26). The molecule has 0 saturated heterocycles. The molecule has 3 rings (SSSR count). The zero-order valence-electron chi connectivity index (χ0n) is 14.9. The van der Waals surface area contributed by atoms with E-state index >= 15 is 0 Å². The van der Waals surface area contributed by atoms with Crippen molar-refractivity contribution in [3.8, 4) is 0 Å². The molecule has 1 aromatic heterocycles. The van der Waals surface area contributed by atoms with E-state index in [1.54, 1.807) is 18.3 Å². The lowest BCUT2D eigenvalue weighted by Crippen LogP contribution is -2.25. The summed E-state index contributed by atoms with van der Waals surface area (Å²) in [6.07, 6.45) is 2.47. The summed E-state index contributed by atoms with van der Waals surface area (Å²) in [5.74, 6) is 0.617. The predicted octanol–water partition coefficient (Wildman–Crippen LogP) is 3.97. The van der Waals surface area contributed by atoms with Gasteiger partial charge in [-0.3, -0.25) is 4.79 Å². The smallest absolute Gasteiger partial charge is 0.251 e. The van der Waals surface area contributed by atoms with E-state index in [2.05, 4.69) is 46.8 Å². The van der Waals surface area contributed by atoms with Crippen LogP contribution in [-0.2, 0) is 13.0 Å². The second-order valence-electron chi connectivity index (χ2n) is 6.20. The Hall–Kier alpha value is -3.14. The molecule has 26 heavy (non-hydrogen) atoms. The predicted molar refractivity (Wildman–Crippen MR) is 105 cm³/mol. The van der Waals surface area contributed by atoms with Gasteiger partial charge in [0.25, 0.3) is 5.91 Å². The van der Waals surface area contributed by atoms with Crippen LogP contribution in [0.25, 0.3) is 0 Å². The Balaban J connectivity index is 1.54. The first-order chi connectivity index (χ1) is 12.7. The third-order valence-electron chi connectivity index (χ3n) is 4.29. The van der Waals surface area contributed by atoms with Crippen molar-refractivity contribution in [2.24, 2.45) is 0 Å². The number of nitrogens with one attached hydrogen (secondary N) is 2. The molecule has 1 amide bonds. The lowest BCUT2D eigenvalue weighted by atomic mass is 10.1. The number of hydrogen-bond donors (Lipinski definition) is 2. The van der Waals surface area contributed by atoms with Crippen LogP contribution in [0.5, 0.6) is 0 Å². The summed E-state index contributed by atoms with van der Waals surface area (Å²) in [5, 5.41) is 6.25. The van der Waals surface area contributed by atoms with Crippen molar-refractivity contribution in [3.05, 3.63) is 95.2 Å². The minimum atomic E-state index is -0.0812. The van der Waals surface area contributed by atoms with Crippen molar-refractivity contribution in [3.63, 3.8) is 0 Å². The molecule has 0 aliphatic heterocycles. The lowest BCUT2D eigenvalue weighted by Gasteiger charge is -2.10. The molecule has 2 aromatic carbocycles. The summed E-state index contributed by atoms with van der Waals surface area (Å²) in [5.41, 5.74) is 4.27. The highest BCUT2D eigenvalue weighted by molar-refractivity contribution is 5.94. The summed E-state index contributed by atoms with van der Waals surface area (Å²) in [4.78, 5) is 16.7. The molecule has 4 nitrogen and oxygen atoms in total. The fraction of sp³-hybridized carbons (Fsp3) is 0.182. The average molecular weight is 345 g/mol. The molecule has 1 heterocycles. The number of hydrogen-bond acceptors (Lipinski definition) is 3. The van der Waals surface area contributed by atoms with Crippen molar-refractivity contribution in [1.29, 1.82) is 0 Å². The highest BCUT2D eigenvalue weighted by atomic mass is 16.1. The van der Waals surface area contributed by atoms with Gasteiger partial charge in [-0.05, 0) is 42.2 Å². The van der Waals surface area contributed by atoms with Crippen LogP contribution in [0.1, 0.15) is 27.0 Å². The number of amides is 1. The van der Waals surface area contributed by atoms with Gasteiger partial charge in [0.15, 0.2) is 0 Å². The average Bonchev–Trinajstić information content (AvgIpc) is 2.68. The van der Waals surface area contributed by atoms with Crippen LogP contribution in [0.2, 0.25) is 0 Å². The van der Waals surface area contributed by atoms with Crippen molar-refractivity contribution >= 4 is 11.7 Å². The summed E-state index contributed by atoms with van der Waals surface area (Å²) in [7, 11) is 0. The minimum Gasteiger partial charge on any atom is -0.366 e. The molecule has 0 saturated carbocycles. The zero-order valence-corrected chi connectivity index (χ0v) is 14.9. The van der Waals surface area contributed by atoms with Crippen molar-refractivity contribution < 1.29 is 4.79 Å². The molecule has 0 bridgehead atoms. The highest BCUT2D eigenvalue weighted by Gasteiger charge is 2.07. The maximum absolute atomic E-state index is 12.3.